The van der Waals surface area contributed by atoms with E-state index in [9.17, 15) is 0 Å². The summed E-state index contributed by atoms with van der Waals surface area (Å²) in [5.74, 6) is 0. The molecule has 0 fully saturated rings. The Hall–Kier alpha value is -2.17. The van der Waals surface area contributed by atoms with Crippen LogP contribution in [-0.2, 0) is 0 Å². The van der Waals surface area contributed by atoms with Crippen molar-refractivity contribution in [2.24, 2.45) is 0 Å². The molecular formula is C14H17BN4. The van der Waals surface area contributed by atoms with E-state index in [0.29, 0.717) is 5.46 Å². The Kier molecular flexibility index (Phi) is 3.95. The summed E-state index contributed by atoms with van der Waals surface area (Å²) in [4.78, 5) is 4.17. The van der Waals surface area contributed by atoms with Gasteiger partial charge in [-0.25, -0.2) is 0 Å². The van der Waals surface area contributed by atoms with Crippen molar-refractivity contribution < 1.29 is 0 Å². The van der Waals surface area contributed by atoms with Gasteiger partial charge in [0.05, 0.1) is 0 Å². The molecule has 0 amide bonds. The number of rotatable bonds is 4. The maximum absolute atomic E-state index is 6.19. The third kappa shape index (κ3) is 2.36. The fourth-order valence-electron chi connectivity index (χ4n) is 2.17. The van der Waals surface area contributed by atoms with Crippen molar-refractivity contribution in [3.63, 3.8) is 0 Å². The van der Waals surface area contributed by atoms with Crippen LogP contribution in [0.15, 0.2) is 30.6 Å². The largest absolute Gasteiger partial charge is 0.388 e. The molecule has 0 unspecified atom stereocenters. The molecule has 0 bridgehead atoms. The molecule has 0 spiro atoms. The fourth-order valence-corrected chi connectivity index (χ4v) is 2.17. The zero-order valence-electron chi connectivity index (χ0n) is 11.4. The van der Waals surface area contributed by atoms with Crippen LogP contribution in [0.5, 0.6) is 0 Å². The van der Waals surface area contributed by atoms with Gasteiger partial charge in [-0.1, -0.05) is 11.5 Å². The Morgan fingerprint density at radius 3 is 2.32 bits per heavy atom. The normalized spacial score (nSPS) is 10.1. The smallest absolute Gasteiger partial charge is 0.119 e. The molecule has 0 aliphatic carbocycles. The quantitative estimate of drug-likeness (QED) is 0.724. The summed E-state index contributed by atoms with van der Waals surface area (Å²) in [7, 11) is 11.8. The van der Waals surface area contributed by atoms with Gasteiger partial charge in [-0.3, -0.25) is 4.98 Å². The van der Waals surface area contributed by atoms with Crippen molar-refractivity contribution in [2.75, 3.05) is 37.1 Å². The van der Waals surface area contributed by atoms with Gasteiger partial charge in [0.15, 0.2) is 0 Å². The Bertz CT molecular complexity index is 569. The molecule has 2 rings (SSSR count). The average molecular weight is 252 g/mol. The molecule has 4 nitrogen and oxygen atoms in total. The number of hydrogen-bond acceptors (Lipinski definition) is 4. The van der Waals surface area contributed by atoms with Crippen molar-refractivity contribution in [1.82, 2.24) is 4.98 Å². The third-order valence-corrected chi connectivity index (χ3v) is 3.11. The highest BCUT2D eigenvalue weighted by Gasteiger charge is 2.14. The Labute approximate surface area is 115 Å². The number of aromatic nitrogens is 1. The monoisotopic (exact) mass is 252 g/mol. The van der Waals surface area contributed by atoms with Crippen LogP contribution in [0, 0.1) is 0 Å². The predicted molar refractivity (Wildman–Crippen MR) is 83.7 cm³/mol. The summed E-state index contributed by atoms with van der Waals surface area (Å²) in [5.41, 5.74) is 5.52. The lowest BCUT2D eigenvalue weighted by Gasteiger charge is -2.20. The van der Waals surface area contributed by atoms with E-state index < -0.39 is 0 Å². The van der Waals surface area contributed by atoms with E-state index in [2.05, 4.69) is 20.9 Å². The summed E-state index contributed by atoms with van der Waals surface area (Å²) in [6.07, 6.45) is 3.59. The van der Waals surface area contributed by atoms with Crippen LogP contribution < -0.4 is 21.4 Å². The van der Waals surface area contributed by atoms with Crippen molar-refractivity contribution >= 4 is 30.4 Å². The molecular weight excluding hydrogens is 235 g/mol. The zero-order valence-corrected chi connectivity index (χ0v) is 11.4. The fraction of sp³-hybridized carbons (Fsp3) is 0.214. The van der Waals surface area contributed by atoms with E-state index in [0.717, 1.165) is 28.2 Å². The molecule has 0 aliphatic heterocycles. The van der Waals surface area contributed by atoms with Crippen LogP contribution in [0.1, 0.15) is 0 Å². The Morgan fingerprint density at radius 2 is 1.79 bits per heavy atom. The van der Waals surface area contributed by atoms with E-state index >= 15 is 0 Å². The summed E-state index contributed by atoms with van der Waals surface area (Å²) >= 11 is 0. The standard InChI is InChI=1S/C14H17BN4/c1-16-10-7-11(17-2)13(15)14(18-3)12(10)9-5-4-6-19-8-9/h4-8,16-18H,1-3H3. The lowest BCUT2D eigenvalue weighted by molar-refractivity contribution is 1.32. The van der Waals surface area contributed by atoms with Crippen LogP contribution >= 0.6 is 0 Å². The summed E-state index contributed by atoms with van der Waals surface area (Å²) in [5, 5.41) is 9.49. The first-order valence-corrected chi connectivity index (χ1v) is 6.13. The second kappa shape index (κ2) is 5.65. The number of anilines is 3. The zero-order chi connectivity index (χ0) is 13.8. The van der Waals surface area contributed by atoms with Crippen molar-refractivity contribution in [3.05, 3.63) is 30.6 Å². The van der Waals surface area contributed by atoms with Gasteiger partial charge < -0.3 is 16.0 Å². The lowest BCUT2D eigenvalue weighted by atomic mass is 9.86. The van der Waals surface area contributed by atoms with Gasteiger partial charge in [0.25, 0.3) is 0 Å². The van der Waals surface area contributed by atoms with E-state index in [1.807, 2.05) is 45.5 Å². The molecule has 2 aromatic rings. The molecule has 1 aromatic heterocycles. The van der Waals surface area contributed by atoms with E-state index in [1.54, 1.807) is 6.20 Å². The topological polar surface area (TPSA) is 49.0 Å². The highest BCUT2D eigenvalue weighted by Crippen LogP contribution is 2.35. The third-order valence-electron chi connectivity index (χ3n) is 3.11. The summed E-state index contributed by atoms with van der Waals surface area (Å²) in [6, 6.07) is 5.93. The first kappa shape index (κ1) is 13.3. The van der Waals surface area contributed by atoms with Gasteiger partial charge in [-0.05, 0) is 12.1 Å². The van der Waals surface area contributed by atoms with Crippen molar-refractivity contribution in [3.8, 4) is 11.1 Å². The molecule has 0 atom stereocenters. The first-order valence-electron chi connectivity index (χ1n) is 6.13. The van der Waals surface area contributed by atoms with Gasteiger partial charge >= 0.3 is 0 Å². The average Bonchev–Trinajstić information content (AvgIpc) is 2.47. The lowest BCUT2D eigenvalue weighted by Crippen LogP contribution is -2.17. The summed E-state index contributed by atoms with van der Waals surface area (Å²) in [6.45, 7) is 0. The number of nitrogens with zero attached hydrogens (tertiary/aromatic N) is 1. The summed E-state index contributed by atoms with van der Waals surface area (Å²) < 4.78 is 0. The van der Waals surface area contributed by atoms with Gasteiger partial charge in [0.1, 0.15) is 7.85 Å². The van der Waals surface area contributed by atoms with Crippen LogP contribution in [-0.4, -0.2) is 34.0 Å². The van der Waals surface area contributed by atoms with Crippen LogP contribution in [0.25, 0.3) is 11.1 Å². The molecule has 0 saturated heterocycles. The molecule has 0 saturated carbocycles. The molecule has 5 heteroatoms. The Balaban J connectivity index is 2.74. The molecule has 96 valence electrons. The van der Waals surface area contributed by atoms with E-state index in [4.69, 9.17) is 7.85 Å². The minimum atomic E-state index is 0.697. The van der Waals surface area contributed by atoms with Crippen molar-refractivity contribution in [1.29, 1.82) is 0 Å². The van der Waals surface area contributed by atoms with Crippen LogP contribution in [0.3, 0.4) is 0 Å². The SMILES string of the molecule is [B]c1c(NC)cc(NC)c(-c2cccnc2)c1NC. The van der Waals surface area contributed by atoms with E-state index in [-0.39, 0.29) is 0 Å². The minimum Gasteiger partial charge on any atom is -0.388 e. The molecule has 19 heavy (non-hydrogen) atoms. The highest BCUT2D eigenvalue weighted by atomic mass is 14.9. The molecule has 3 N–H and O–H groups in total. The van der Waals surface area contributed by atoms with Gasteiger partial charge in [-0.15, -0.1) is 0 Å². The second-order valence-electron chi connectivity index (χ2n) is 4.13. The minimum absolute atomic E-state index is 0.697. The van der Waals surface area contributed by atoms with Gasteiger partial charge in [-0.2, -0.15) is 0 Å². The highest BCUT2D eigenvalue weighted by molar-refractivity contribution is 6.41. The first-order chi connectivity index (χ1) is 9.22. The van der Waals surface area contributed by atoms with Gasteiger partial charge in [0.2, 0.25) is 0 Å². The molecule has 0 aliphatic rings. The number of pyridine rings is 1. The number of hydrogen-bond donors (Lipinski definition) is 3. The van der Waals surface area contributed by atoms with Crippen LogP contribution in [0.4, 0.5) is 17.1 Å². The molecule has 1 aromatic carbocycles. The van der Waals surface area contributed by atoms with Gasteiger partial charge in [0, 0.05) is 61.7 Å². The van der Waals surface area contributed by atoms with Crippen LogP contribution in [0.2, 0.25) is 0 Å². The molecule has 1 heterocycles. The predicted octanol–water partition coefficient (Wildman–Crippen LogP) is 1.67. The molecule has 2 radical (unpaired) electrons. The second-order valence-corrected chi connectivity index (χ2v) is 4.13. The number of nitrogens with one attached hydrogen (secondary N) is 3. The number of benzene rings is 1. The Morgan fingerprint density at radius 1 is 1.05 bits per heavy atom. The van der Waals surface area contributed by atoms with Crippen molar-refractivity contribution in [2.45, 2.75) is 0 Å². The van der Waals surface area contributed by atoms with E-state index in [1.165, 1.54) is 0 Å². The maximum atomic E-state index is 6.19. The maximum Gasteiger partial charge on any atom is 0.119 e.